The molecule has 25 heavy (non-hydrogen) atoms. The van der Waals surface area contributed by atoms with Crippen molar-refractivity contribution < 1.29 is 18.8 Å². The zero-order chi connectivity index (χ0) is 18.0. The van der Waals surface area contributed by atoms with Gasteiger partial charge in [-0.3, -0.25) is 9.78 Å². The van der Waals surface area contributed by atoms with Gasteiger partial charge in [0.2, 0.25) is 0 Å². The Morgan fingerprint density at radius 2 is 1.96 bits per heavy atom. The van der Waals surface area contributed by atoms with Crippen LogP contribution in [0.3, 0.4) is 0 Å². The number of carbonyl (C=O) groups excluding carboxylic acids is 2. The van der Waals surface area contributed by atoms with E-state index >= 15 is 0 Å². The van der Waals surface area contributed by atoms with Crippen molar-refractivity contribution in [3.63, 3.8) is 0 Å². The summed E-state index contributed by atoms with van der Waals surface area (Å²) < 4.78 is 9.98. The minimum absolute atomic E-state index is 0.276. The number of rotatable bonds is 4. The summed E-state index contributed by atoms with van der Waals surface area (Å²) in [5.41, 5.74) is 2.53. The van der Waals surface area contributed by atoms with Crippen LogP contribution in [0.15, 0.2) is 34.9 Å². The zero-order valence-electron chi connectivity index (χ0n) is 14.1. The number of anilines is 1. The maximum absolute atomic E-state index is 12.4. The lowest BCUT2D eigenvalue weighted by Gasteiger charge is -2.11. The molecule has 0 unspecified atom stereocenters. The number of benzene rings is 1. The fraction of sp³-hybridized carbons (Fsp3) is 0.222. The molecule has 0 bridgehead atoms. The average Bonchev–Trinajstić information content (AvgIpc) is 2.98. The molecule has 0 fully saturated rings. The van der Waals surface area contributed by atoms with Crippen LogP contribution >= 0.6 is 0 Å². The molecule has 7 nitrogen and oxygen atoms in total. The third kappa shape index (κ3) is 3.50. The number of nitrogens with zero attached hydrogens (tertiary/aromatic N) is 2. The van der Waals surface area contributed by atoms with Crippen LogP contribution in [0, 0.1) is 20.8 Å². The monoisotopic (exact) mass is 339 g/mol. The Balaban J connectivity index is 1.73. The molecule has 0 aliphatic carbocycles. The number of pyridine rings is 1. The lowest BCUT2D eigenvalue weighted by Crippen LogP contribution is -2.22. The van der Waals surface area contributed by atoms with E-state index in [-0.39, 0.29) is 5.82 Å². The maximum atomic E-state index is 12.4. The molecule has 0 atom stereocenters. The predicted molar refractivity (Wildman–Crippen MR) is 91.4 cm³/mol. The topological polar surface area (TPSA) is 94.3 Å². The number of hydrogen-bond donors (Lipinski definition) is 1. The Hall–Kier alpha value is -3.22. The lowest BCUT2D eigenvalue weighted by molar-refractivity contribution is -0.119. The smallest absolute Gasteiger partial charge is 0.340 e. The molecule has 1 N–H and O–H groups in total. The SMILES string of the molecule is Cc1cc(NC(=O)COC(=O)c2c(C)nc3ccccc3c2C)no1. The molecule has 2 aromatic heterocycles. The number of carbonyl (C=O) groups is 2. The molecule has 0 spiro atoms. The molecule has 1 aromatic carbocycles. The Kier molecular flexibility index (Phi) is 4.47. The number of nitrogens with one attached hydrogen (secondary N) is 1. The van der Waals surface area contributed by atoms with Crippen molar-refractivity contribution in [3.05, 3.63) is 52.9 Å². The quantitative estimate of drug-likeness (QED) is 0.734. The number of ether oxygens (including phenoxy) is 1. The van der Waals surface area contributed by atoms with Crippen LogP contribution < -0.4 is 5.32 Å². The summed E-state index contributed by atoms with van der Waals surface area (Å²) in [4.78, 5) is 28.7. The number of amides is 1. The standard InChI is InChI=1S/C18H17N3O4/c1-10-8-15(21-25-10)20-16(22)9-24-18(23)17-11(2)13-6-4-5-7-14(13)19-12(17)3/h4-8H,9H2,1-3H3,(H,20,21,22). The van der Waals surface area contributed by atoms with E-state index in [1.807, 2.05) is 31.2 Å². The molecular weight excluding hydrogens is 322 g/mol. The predicted octanol–water partition coefficient (Wildman–Crippen LogP) is 2.94. The normalized spacial score (nSPS) is 10.7. The number of para-hydroxylation sites is 1. The van der Waals surface area contributed by atoms with Gasteiger partial charge in [-0.15, -0.1) is 0 Å². The van der Waals surface area contributed by atoms with E-state index < -0.39 is 18.5 Å². The highest BCUT2D eigenvalue weighted by molar-refractivity contribution is 6.00. The summed E-state index contributed by atoms with van der Waals surface area (Å²) in [5, 5.41) is 7.02. The number of aromatic nitrogens is 2. The maximum Gasteiger partial charge on any atom is 0.340 e. The van der Waals surface area contributed by atoms with Crippen LogP contribution in [0.4, 0.5) is 5.82 Å². The van der Waals surface area contributed by atoms with Crippen LogP contribution in [-0.4, -0.2) is 28.6 Å². The fourth-order valence-corrected chi connectivity index (χ4v) is 2.64. The number of esters is 1. The van der Waals surface area contributed by atoms with Gasteiger partial charge in [0.15, 0.2) is 12.4 Å². The molecule has 1 amide bonds. The van der Waals surface area contributed by atoms with Crippen LogP contribution in [0.1, 0.15) is 27.4 Å². The second-order valence-electron chi connectivity index (χ2n) is 5.66. The average molecular weight is 339 g/mol. The number of aryl methyl sites for hydroxylation is 3. The number of fused-ring (bicyclic) bond motifs is 1. The van der Waals surface area contributed by atoms with Gasteiger partial charge in [-0.1, -0.05) is 23.4 Å². The summed E-state index contributed by atoms with van der Waals surface area (Å²) in [5.74, 6) is -0.232. The van der Waals surface area contributed by atoms with Crippen molar-refractivity contribution in [1.29, 1.82) is 0 Å². The highest BCUT2D eigenvalue weighted by Crippen LogP contribution is 2.23. The lowest BCUT2D eigenvalue weighted by atomic mass is 10.0. The minimum atomic E-state index is -0.584. The third-order valence-electron chi connectivity index (χ3n) is 3.77. The van der Waals surface area contributed by atoms with Crippen LogP contribution in [0.25, 0.3) is 10.9 Å². The molecule has 0 saturated carbocycles. The molecule has 3 aromatic rings. The summed E-state index contributed by atoms with van der Waals surface area (Å²) in [6.07, 6.45) is 0. The first kappa shape index (κ1) is 16.6. The van der Waals surface area contributed by atoms with Crippen molar-refractivity contribution in [2.75, 3.05) is 11.9 Å². The van der Waals surface area contributed by atoms with Crippen LogP contribution in [0.5, 0.6) is 0 Å². The van der Waals surface area contributed by atoms with E-state index in [2.05, 4.69) is 15.5 Å². The summed E-state index contributed by atoms with van der Waals surface area (Å²) in [6.45, 7) is 4.87. The molecular formula is C18H17N3O4. The van der Waals surface area contributed by atoms with Gasteiger partial charge in [-0.05, 0) is 32.4 Å². The summed E-state index contributed by atoms with van der Waals surface area (Å²) in [6, 6.07) is 9.13. The van der Waals surface area contributed by atoms with Gasteiger partial charge in [0.1, 0.15) is 5.76 Å². The van der Waals surface area contributed by atoms with Crippen molar-refractivity contribution in [3.8, 4) is 0 Å². The fourth-order valence-electron chi connectivity index (χ4n) is 2.64. The largest absolute Gasteiger partial charge is 0.452 e. The van der Waals surface area contributed by atoms with Gasteiger partial charge in [-0.25, -0.2) is 4.79 Å². The third-order valence-corrected chi connectivity index (χ3v) is 3.77. The molecule has 2 heterocycles. The molecule has 0 radical (unpaired) electrons. The Morgan fingerprint density at radius 3 is 2.68 bits per heavy atom. The van der Waals surface area contributed by atoms with Crippen molar-refractivity contribution >= 4 is 28.6 Å². The second-order valence-corrected chi connectivity index (χ2v) is 5.66. The van der Waals surface area contributed by atoms with Gasteiger partial charge in [0.05, 0.1) is 16.8 Å². The van der Waals surface area contributed by atoms with E-state index in [9.17, 15) is 9.59 Å². The first-order valence-corrected chi connectivity index (χ1v) is 7.72. The highest BCUT2D eigenvalue weighted by atomic mass is 16.5. The van der Waals surface area contributed by atoms with Crippen molar-refractivity contribution in [2.45, 2.75) is 20.8 Å². The first-order chi connectivity index (χ1) is 12.0. The summed E-state index contributed by atoms with van der Waals surface area (Å²) in [7, 11) is 0. The van der Waals surface area contributed by atoms with E-state index in [0.29, 0.717) is 17.0 Å². The molecule has 0 aliphatic heterocycles. The van der Waals surface area contributed by atoms with Crippen LogP contribution in [-0.2, 0) is 9.53 Å². The summed E-state index contributed by atoms with van der Waals surface area (Å²) >= 11 is 0. The van der Waals surface area contributed by atoms with Gasteiger partial charge in [0, 0.05) is 11.5 Å². The Bertz CT molecular complexity index is 962. The first-order valence-electron chi connectivity index (χ1n) is 7.72. The second kappa shape index (κ2) is 6.72. The van der Waals surface area contributed by atoms with E-state index in [1.165, 1.54) is 0 Å². The highest BCUT2D eigenvalue weighted by Gasteiger charge is 2.19. The Labute approximate surface area is 144 Å². The molecule has 3 rings (SSSR count). The van der Waals surface area contributed by atoms with Crippen molar-refractivity contribution in [1.82, 2.24) is 10.1 Å². The van der Waals surface area contributed by atoms with Gasteiger partial charge < -0.3 is 14.6 Å². The van der Waals surface area contributed by atoms with E-state index in [0.717, 1.165) is 16.5 Å². The molecule has 128 valence electrons. The Morgan fingerprint density at radius 1 is 1.20 bits per heavy atom. The van der Waals surface area contributed by atoms with E-state index in [1.54, 1.807) is 19.9 Å². The van der Waals surface area contributed by atoms with Gasteiger partial charge in [-0.2, -0.15) is 0 Å². The molecule has 0 aliphatic rings. The minimum Gasteiger partial charge on any atom is -0.452 e. The van der Waals surface area contributed by atoms with Gasteiger partial charge in [0.25, 0.3) is 5.91 Å². The molecule has 0 saturated heterocycles. The number of hydrogen-bond acceptors (Lipinski definition) is 6. The molecule has 7 heteroatoms. The van der Waals surface area contributed by atoms with Crippen LogP contribution in [0.2, 0.25) is 0 Å². The zero-order valence-corrected chi connectivity index (χ0v) is 14.1. The van der Waals surface area contributed by atoms with Crippen molar-refractivity contribution in [2.24, 2.45) is 0 Å². The van der Waals surface area contributed by atoms with Gasteiger partial charge >= 0.3 is 5.97 Å². The van der Waals surface area contributed by atoms with E-state index in [4.69, 9.17) is 9.26 Å².